The minimum atomic E-state index is 0.393. The van der Waals surface area contributed by atoms with Gasteiger partial charge in [-0.2, -0.15) is 4.37 Å². The Morgan fingerprint density at radius 2 is 2.35 bits per heavy atom. The minimum Gasteiger partial charge on any atom is -0.360 e. The van der Waals surface area contributed by atoms with Crippen molar-refractivity contribution in [3.05, 3.63) is 24.0 Å². The molecule has 2 rings (SSSR count). The lowest BCUT2D eigenvalue weighted by molar-refractivity contribution is 0.793. The molecule has 0 bridgehead atoms. The first-order chi connectivity index (χ1) is 8.25. The second-order valence-corrected chi connectivity index (χ2v) is 4.93. The fourth-order valence-corrected chi connectivity index (χ4v) is 2.16. The van der Waals surface area contributed by atoms with Gasteiger partial charge < -0.3 is 10.3 Å². The van der Waals surface area contributed by atoms with Gasteiger partial charge in [0.2, 0.25) is 5.13 Å². The van der Waals surface area contributed by atoms with E-state index in [-0.39, 0.29) is 0 Å². The van der Waals surface area contributed by atoms with Crippen LogP contribution in [0.1, 0.15) is 37.8 Å². The summed E-state index contributed by atoms with van der Waals surface area (Å²) in [5.41, 5.74) is 0. The number of nitrogens with one attached hydrogen (secondary N) is 2. The van der Waals surface area contributed by atoms with Gasteiger partial charge in [0.25, 0.3) is 0 Å². The van der Waals surface area contributed by atoms with E-state index in [1.165, 1.54) is 11.5 Å². The summed E-state index contributed by atoms with van der Waals surface area (Å²) in [6.45, 7) is 5.10. The maximum atomic E-state index is 4.42. The number of rotatable bonds is 6. The van der Waals surface area contributed by atoms with Gasteiger partial charge in [-0.3, -0.25) is 0 Å². The number of H-pyrrole nitrogens is 1. The Balaban J connectivity index is 1.71. The van der Waals surface area contributed by atoms with E-state index < -0.39 is 0 Å². The van der Waals surface area contributed by atoms with Gasteiger partial charge in [0.1, 0.15) is 11.6 Å². The quantitative estimate of drug-likeness (QED) is 0.774. The Labute approximate surface area is 105 Å². The molecule has 0 radical (unpaired) electrons. The Morgan fingerprint density at radius 3 is 3.00 bits per heavy atom. The Kier molecular flexibility index (Phi) is 4.08. The molecule has 0 aliphatic rings. The molecule has 0 amide bonds. The van der Waals surface area contributed by atoms with Crippen molar-refractivity contribution < 1.29 is 0 Å². The van der Waals surface area contributed by atoms with Crippen LogP contribution in [-0.2, 0) is 6.42 Å². The number of imidazole rings is 1. The van der Waals surface area contributed by atoms with Crippen LogP contribution in [0.3, 0.4) is 0 Å². The van der Waals surface area contributed by atoms with Gasteiger partial charge >= 0.3 is 0 Å². The van der Waals surface area contributed by atoms with Gasteiger partial charge in [0.15, 0.2) is 0 Å². The number of aromatic nitrogens is 4. The summed E-state index contributed by atoms with van der Waals surface area (Å²) in [7, 11) is 0. The van der Waals surface area contributed by atoms with Gasteiger partial charge in [-0.05, 0) is 6.42 Å². The summed E-state index contributed by atoms with van der Waals surface area (Å²) in [5.74, 6) is 2.35. The van der Waals surface area contributed by atoms with E-state index in [1.807, 2.05) is 6.20 Å². The average Bonchev–Trinajstić information content (AvgIpc) is 2.96. The van der Waals surface area contributed by atoms with Crippen molar-refractivity contribution in [1.29, 1.82) is 0 Å². The first-order valence-electron chi connectivity index (χ1n) is 5.81. The summed E-state index contributed by atoms with van der Waals surface area (Å²) in [6.07, 6.45) is 5.62. The molecule has 0 atom stereocenters. The maximum absolute atomic E-state index is 4.42. The Morgan fingerprint density at radius 1 is 1.47 bits per heavy atom. The molecule has 2 heterocycles. The van der Waals surface area contributed by atoms with Crippen LogP contribution in [0, 0.1) is 0 Å². The van der Waals surface area contributed by atoms with Crippen molar-refractivity contribution >= 4 is 16.7 Å². The SMILES string of the molecule is CC(C)c1nsc(NCCCc2ncc[nH]2)n1. The van der Waals surface area contributed by atoms with Gasteiger partial charge in [0.05, 0.1) is 0 Å². The first kappa shape index (κ1) is 12.0. The standard InChI is InChI=1S/C11H17N5S/c1-8(2)10-15-11(17-16-10)14-5-3-4-9-12-6-7-13-9/h6-8H,3-5H2,1-2H3,(H,12,13)(H,14,15,16). The summed E-state index contributed by atoms with van der Waals surface area (Å²) < 4.78 is 4.29. The van der Waals surface area contributed by atoms with E-state index in [0.29, 0.717) is 5.92 Å². The highest BCUT2D eigenvalue weighted by Gasteiger charge is 2.06. The smallest absolute Gasteiger partial charge is 0.202 e. The molecule has 17 heavy (non-hydrogen) atoms. The van der Waals surface area contributed by atoms with Crippen LogP contribution in [0.25, 0.3) is 0 Å². The predicted octanol–water partition coefficient (Wildman–Crippen LogP) is 2.43. The van der Waals surface area contributed by atoms with E-state index >= 15 is 0 Å². The van der Waals surface area contributed by atoms with Crippen molar-refractivity contribution in [3.63, 3.8) is 0 Å². The van der Waals surface area contributed by atoms with Crippen LogP contribution in [-0.4, -0.2) is 25.9 Å². The zero-order valence-electron chi connectivity index (χ0n) is 10.1. The van der Waals surface area contributed by atoms with Gasteiger partial charge in [-0.15, -0.1) is 0 Å². The highest BCUT2D eigenvalue weighted by Crippen LogP contribution is 2.17. The first-order valence-corrected chi connectivity index (χ1v) is 6.59. The third kappa shape index (κ3) is 3.52. The van der Waals surface area contributed by atoms with Gasteiger partial charge in [-0.25, -0.2) is 9.97 Å². The van der Waals surface area contributed by atoms with E-state index in [9.17, 15) is 0 Å². The number of nitrogens with zero attached hydrogens (tertiary/aromatic N) is 3. The molecule has 0 aliphatic heterocycles. The van der Waals surface area contributed by atoms with Gasteiger partial charge in [0, 0.05) is 42.8 Å². The highest BCUT2D eigenvalue weighted by molar-refractivity contribution is 7.09. The van der Waals surface area contributed by atoms with Crippen LogP contribution in [0.2, 0.25) is 0 Å². The fourth-order valence-electron chi connectivity index (χ4n) is 1.43. The van der Waals surface area contributed by atoms with Crippen LogP contribution in [0.15, 0.2) is 12.4 Å². The molecule has 0 saturated carbocycles. The summed E-state index contributed by atoms with van der Waals surface area (Å²) in [5, 5.41) is 4.20. The molecule has 6 heteroatoms. The van der Waals surface area contributed by atoms with Crippen LogP contribution in [0.5, 0.6) is 0 Å². The number of aryl methyl sites for hydroxylation is 1. The molecule has 0 aliphatic carbocycles. The molecule has 92 valence electrons. The number of hydrogen-bond acceptors (Lipinski definition) is 5. The zero-order chi connectivity index (χ0) is 12.1. The molecular weight excluding hydrogens is 234 g/mol. The number of hydrogen-bond donors (Lipinski definition) is 2. The second-order valence-electron chi connectivity index (χ2n) is 4.18. The summed E-state index contributed by atoms with van der Waals surface area (Å²) >= 11 is 1.43. The van der Waals surface area contributed by atoms with E-state index in [2.05, 4.69) is 38.5 Å². The van der Waals surface area contributed by atoms with E-state index in [0.717, 1.165) is 36.2 Å². The lowest BCUT2D eigenvalue weighted by Crippen LogP contribution is -2.03. The van der Waals surface area contributed by atoms with Crippen molar-refractivity contribution in [2.24, 2.45) is 0 Å². The summed E-state index contributed by atoms with van der Waals surface area (Å²) in [4.78, 5) is 11.7. The highest BCUT2D eigenvalue weighted by atomic mass is 32.1. The molecule has 0 fully saturated rings. The lowest BCUT2D eigenvalue weighted by Gasteiger charge is -2.00. The third-order valence-electron chi connectivity index (χ3n) is 2.38. The molecule has 0 saturated heterocycles. The minimum absolute atomic E-state index is 0.393. The topological polar surface area (TPSA) is 66.5 Å². The van der Waals surface area contributed by atoms with E-state index in [1.54, 1.807) is 6.20 Å². The molecule has 0 spiro atoms. The summed E-state index contributed by atoms with van der Waals surface area (Å²) in [6, 6.07) is 0. The maximum Gasteiger partial charge on any atom is 0.202 e. The molecular formula is C11H17N5S. The van der Waals surface area contributed by atoms with Crippen molar-refractivity contribution in [2.45, 2.75) is 32.6 Å². The monoisotopic (exact) mass is 251 g/mol. The fraction of sp³-hybridized carbons (Fsp3) is 0.545. The van der Waals surface area contributed by atoms with Crippen molar-refractivity contribution in [2.75, 3.05) is 11.9 Å². The van der Waals surface area contributed by atoms with Crippen LogP contribution in [0.4, 0.5) is 5.13 Å². The molecule has 2 aromatic rings. The molecule has 0 unspecified atom stereocenters. The van der Waals surface area contributed by atoms with Crippen LogP contribution >= 0.6 is 11.5 Å². The van der Waals surface area contributed by atoms with Crippen molar-refractivity contribution in [1.82, 2.24) is 19.3 Å². The number of aromatic amines is 1. The van der Waals surface area contributed by atoms with Crippen LogP contribution < -0.4 is 5.32 Å². The van der Waals surface area contributed by atoms with E-state index in [4.69, 9.17) is 0 Å². The third-order valence-corrected chi connectivity index (χ3v) is 3.07. The Bertz CT molecular complexity index is 434. The Hall–Kier alpha value is -1.43. The lowest BCUT2D eigenvalue weighted by atomic mass is 10.2. The van der Waals surface area contributed by atoms with Crippen molar-refractivity contribution in [3.8, 4) is 0 Å². The molecule has 2 N–H and O–H groups in total. The molecule has 5 nitrogen and oxygen atoms in total. The predicted molar refractivity (Wildman–Crippen MR) is 69.4 cm³/mol. The molecule has 0 aromatic carbocycles. The number of anilines is 1. The largest absolute Gasteiger partial charge is 0.360 e. The zero-order valence-corrected chi connectivity index (χ0v) is 10.9. The average molecular weight is 251 g/mol. The normalized spacial score (nSPS) is 11.0. The second kappa shape index (κ2) is 5.77. The molecule has 2 aromatic heterocycles. The van der Waals surface area contributed by atoms with Gasteiger partial charge in [-0.1, -0.05) is 13.8 Å².